The van der Waals surface area contributed by atoms with Crippen LogP contribution in [0, 0.1) is 17.6 Å². The maximum atomic E-state index is 13.5. The lowest BCUT2D eigenvalue weighted by molar-refractivity contribution is -0.108. The molecule has 3 heteroatoms. The molecule has 1 aromatic carbocycles. The van der Waals surface area contributed by atoms with Crippen LogP contribution in [0.2, 0.25) is 0 Å². The van der Waals surface area contributed by atoms with E-state index in [1.54, 1.807) is 0 Å². The number of halogens is 2. The molecular weight excluding hydrogens is 210 g/mol. The van der Waals surface area contributed by atoms with Crippen LogP contribution < -0.4 is 0 Å². The van der Waals surface area contributed by atoms with Crippen LogP contribution in [0.5, 0.6) is 0 Å². The Kier molecular flexibility index (Phi) is 3.13. The predicted octanol–water partition coefficient (Wildman–Crippen LogP) is 3.35. The molecule has 1 nitrogen and oxygen atoms in total. The maximum absolute atomic E-state index is 13.5. The largest absolute Gasteiger partial charge is 0.303 e. The summed E-state index contributed by atoms with van der Waals surface area (Å²) in [5.74, 6) is -0.840. The molecule has 0 heterocycles. The highest BCUT2D eigenvalue weighted by Gasteiger charge is 2.22. The average molecular weight is 222 g/mol. The van der Waals surface area contributed by atoms with Gasteiger partial charge in [-0.05, 0) is 42.5 Å². The Morgan fingerprint density at radius 3 is 2.94 bits per heavy atom. The van der Waals surface area contributed by atoms with E-state index in [0.29, 0.717) is 12.0 Å². The number of hydrogen-bond acceptors (Lipinski definition) is 1. The third-order valence-electron chi connectivity index (χ3n) is 2.94. The molecule has 0 radical (unpaired) electrons. The SMILES string of the molecule is O=CC[C@@H]1CCC=C1c1cc(F)ccc1F. The van der Waals surface area contributed by atoms with Crippen LogP contribution in [0.15, 0.2) is 24.3 Å². The topological polar surface area (TPSA) is 17.1 Å². The first-order valence-electron chi connectivity index (χ1n) is 5.31. The van der Waals surface area contributed by atoms with Gasteiger partial charge in [-0.3, -0.25) is 0 Å². The summed E-state index contributed by atoms with van der Waals surface area (Å²) in [5, 5.41) is 0. The molecule has 84 valence electrons. The van der Waals surface area contributed by atoms with E-state index in [-0.39, 0.29) is 5.92 Å². The smallest absolute Gasteiger partial charge is 0.130 e. The first-order valence-corrected chi connectivity index (χ1v) is 5.31. The van der Waals surface area contributed by atoms with Gasteiger partial charge in [-0.1, -0.05) is 6.08 Å². The van der Waals surface area contributed by atoms with Crippen LogP contribution in [-0.2, 0) is 4.79 Å². The van der Waals surface area contributed by atoms with Crippen molar-refractivity contribution in [3.05, 3.63) is 41.5 Å². The van der Waals surface area contributed by atoms with Crippen molar-refractivity contribution in [3.8, 4) is 0 Å². The van der Waals surface area contributed by atoms with Gasteiger partial charge in [0.25, 0.3) is 0 Å². The molecule has 0 amide bonds. The van der Waals surface area contributed by atoms with E-state index < -0.39 is 11.6 Å². The monoisotopic (exact) mass is 222 g/mol. The maximum Gasteiger partial charge on any atom is 0.130 e. The van der Waals surface area contributed by atoms with E-state index in [9.17, 15) is 13.6 Å². The van der Waals surface area contributed by atoms with Crippen molar-refractivity contribution in [2.24, 2.45) is 5.92 Å². The summed E-state index contributed by atoms with van der Waals surface area (Å²) in [4.78, 5) is 10.5. The molecule has 0 N–H and O–H groups in total. The summed E-state index contributed by atoms with van der Waals surface area (Å²) in [6.07, 6.45) is 4.77. The van der Waals surface area contributed by atoms with E-state index in [2.05, 4.69) is 0 Å². The fourth-order valence-corrected chi connectivity index (χ4v) is 2.17. The fourth-order valence-electron chi connectivity index (χ4n) is 2.17. The van der Waals surface area contributed by atoms with Crippen LogP contribution >= 0.6 is 0 Å². The van der Waals surface area contributed by atoms with E-state index in [1.807, 2.05) is 6.08 Å². The van der Waals surface area contributed by atoms with Crippen molar-refractivity contribution < 1.29 is 13.6 Å². The zero-order valence-electron chi connectivity index (χ0n) is 8.75. The Bertz CT molecular complexity index is 438. The standard InChI is InChI=1S/C13H12F2O/c14-10-4-5-13(15)12(8-10)11-3-1-2-9(11)6-7-16/h3-5,7-9H,1-2,6H2/t9-/m0/s1. The van der Waals surface area contributed by atoms with Crippen LogP contribution in [-0.4, -0.2) is 6.29 Å². The lowest BCUT2D eigenvalue weighted by Crippen LogP contribution is -2.02. The third kappa shape index (κ3) is 2.03. The Morgan fingerprint density at radius 2 is 2.19 bits per heavy atom. The van der Waals surface area contributed by atoms with E-state index in [4.69, 9.17) is 0 Å². The molecule has 0 saturated heterocycles. The van der Waals surface area contributed by atoms with Gasteiger partial charge in [-0.2, -0.15) is 0 Å². The summed E-state index contributed by atoms with van der Waals surface area (Å²) in [6, 6.07) is 3.43. The van der Waals surface area contributed by atoms with Crippen LogP contribution in [0.3, 0.4) is 0 Å². The lowest BCUT2D eigenvalue weighted by atomic mass is 9.92. The molecule has 0 aliphatic heterocycles. The van der Waals surface area contributed by atoms with Crippen LogP contribution in [0.1, 0.15) is 24.8 Å². The van der Waals surface area contributed by atoms with Crippen LogP contribution in [0.4, 0.5) is 8.78 Å². The van der Waals surface area contributed by atoms with Crippen molar-refractivity contribution in [2.45, 2.75) is 19.3 Å². The first-order chi connectivity index (χ1) is 7.72. The molecule has 0 spiro atoms. The van der Waals surface area contributed by atoms with E-state index >= 15 is 0 Å². The van der Waals surface area contributed by atoms with Gasteiger partial charge in [-0.25, -0.2) is 8.78 Å². The Balaban J connectivity index is 2.36. The molecular formula is C13H12F2O. The molecule has 1 aromatic rings. The number of carbonyl (C=O) groups is 1. The number of allylic oxidation sites excluding steroid dienone is 2. The van der Waals surface area contributed by atoms with Crippen molar-refractivity contribution in [1.29, 1.82) is 0 Å². The first kappa shape index (κ1) is 11.0. The summed E-state index contributed by atoms with van der Waals surface area (Å²) in [5.41, 5.74) is 1.06. The number of carbonyl (C=O) groups excluding carboxylic acids is 1. The summed E-state index contributed by atoms with van der Waals surface area (Å²) in [6.45, 7) is 0. The van der Waals surface area contributed by atoms with Crippen molar-refractivity contribution >= 4 is 11.9 Å². The second kappa shape index (κ2) is 4.56. The van der Waals surface area contributed by atoms with E-state index in [1.165, 1.54) is 6.07 Å². The van der Waals surface area contributed by atoms with Gasteiger partial charge in [0.15, 0.2) is 0 Å². The van der Waals surface area contributed by atoms with Gasteiger partial charge in [0.05, 0.1) is 0 Å². The summed E-state index contributed by atoms with van der Waals surface area (Å²) >= 11 is 0. The zero-order valence-corrected chi connectivity index (χ0v) is 8.75. The Hall–Kier alpha value is -1.51. The normalized spacial score (nSPS) is 19.6. The summed E-state index contributed by atoms with van der Waals surface area (Å²) < 4.78 is 26.6. The molecule has 1 aliphatic carbocycles. The summed E-state index contributed by atoms with van der Waals surface area (Å²) in [7, 11) is 0. The van der Waals surface area contributed by atoms with Crippen molar-refractivity contribution in [2.75, 3.05) is 0 Å². The third-order valence-corrected chi connectivity index (χ3v) is 2.94. The number of benzene rings is 1. The molecule has 16 heavy (non-hydrogen) atoms. The highest BCUT2D eigenvalue weighted by molar-refractivity contribution is 5.72. The van der Waals surface area contributed by atoms with Crippen LogP contribution in [0.25, 0.3) is 5.57 Å². The molecule has 2 rings (SSSR count). The predicted molar refractivity (Wildman–Crippen MR) is 57.7 cm³/mol. The molecule has 0 bridgehead atoms. The minimum Gasteiger partial charge on any atom is -0.303 e. The quantitative estimate of drug-likeness (QED) is 0.717. The minimum atomic E-state index is -0.450. The Labute approximate surface area is 92.8 Å². The van der Waals surface area contributed by atoms with Gasteiger partial charge < -0.3 is 4.79 Å². The van der Waals surface area contributed by atoms with Crippen molar-refractivity contribution in [3.63, 3.8) is 0 Å². The second-order valence-electron chi connectivity index (χ2n) is 3.96. The molecule has 0 fully saturated rings. The number of hydrogen-bond donors (Lipinski definition) is 0. The molecule has 0 saturated carbocycles. The van der Waals surface area contributed by atoms with Gasteiger partial charge in [-0.15, -0.1) is 0 Å². The Morgan fingerprint density at radius 1 is 1.38 bits per heavy atom. The number of rotatable bonds is 3. The lowest BCUT2D eigenvalue weighted by Gasteiger charge is -2.12. The number of aldehydes is 1. The second-order valence-corrected chi connectivity index (χ2v) is 3.96. The average Bonchev–Trinajstić information content (AvgIpc) is 2.70. The molecule has 0 unspecified atom stereocenters. The fraction of sp³-hybridized carbons (Fsp3) is 0.308. The highest BCUT2D eigenvalue weighted by atomic mass is 19.1. The molecule has 0 aromatic heterocycles. The minimum absolute atomic E-state index is 0.0359. The molecule has 1 atom stereocenters. The van der Waals surface area contributed by atoms with Gasteiger partial charge in [0, 0.05) is 12.0 Å². The van der Waals surface area contributed by atoms with Gasteiger partial charge in [0.1, 0.15) is 17.9 Å². The van der Waals surface area contributed by atoms with Gasteiger partial charge in [0.2, 0.25) is 0 Å². The highest BCUT2D eigenvalue weighted by Crippen LogP contribution is 2.36. The van der Waals surface area contributed by atoms with Crippen molar-refractivity contribution in [1.82, 2.24) is 0 Å². The van der Waals surface area contributed by atoms with Gasteiger partial charge >= 0.3 is 0 Å². The molecule has 1 aliphatic rings. The zero-order chi connectivity index (χ0) is 11.5. The van der Waals surface area contributed by atoms with E-state index in [0.717, 1.165) is 36.8 Å².